The zero-order chi connectivity index (χ0) is 17.8. The van der Waals surface area contributed by atoms with Gasteiger partial charge in [0.05, 0.1) is 4.88 Å². The predicted molar refractivity (Wildman–Crippen MR) is 104 cm³/mol. The minimum absolute atomic E-state index is 0.0215. The number of thiophene rings is 1. The van der Waals surface area contributed by atoms with Crippen molar-refractivity contribution in [2.24, 2.45) is 0 Å². The lowest BCUT2D eigenvalue weighted by Gasteiger charge is -2.32. The molecule has 0 unspecified atom stereocenters. The van der Waals surface area contributed by atoms with E-state index in [1.165, 1.54) is 11.3 Å². The number of piperidine rings is 1. The zero-order valence-corrected chi connectivity index (χ0v) is 15.2. The maximum atomic E-state index is 12.8. The summed E-state index contributed by atoms with van der Waals surface area (Å²) in [4.78, 5) is 24.3. The summed E-state index contributed by atoms with van der Waals surface area (Å²) in [7, 11) is 0. The molecule has 1 aliphatic rings. The first-order chi connectivity index (χ1) is 12.8. The maximum absolute atomic E-state index is 12.8. The van der Waals surface area contributed by atoms with Crippen molar-refractivity contribution >= 4 is 23.2 Å². The first-order valence-corrected chi connectivity index (χ1v) is 9.65. The van der Waals surface area contributed by atoms with E-state index in [4.69, 9.17) is 0 Å². The molecule has 0 saturated carbocycles. The van der Waals surface area contributed by atoms with E-state index < -0.39 is 0 Å². The van der Waals surface area contributed by atoms with E-state index in [1.807, 2.05) is 47.8 Å². The Morgan fingerprint density at radius 3 is 2.50 bits per heavy atom. The van der Waals surface area contributed by atoms with Crippen LogP contribution in [0.25, 0.3) is 11.1 Å². The highest BCUT2D eigenvalue weighted by molar-refractivity contribution is 7.12. The van der Waals surface area contributed by atoms with Gasteiger partial charge in [0.15, 0.2) is 0 Å². The largest absolute Gasteiger partial charge is 0.348 e. The molecule has 1 aliphatic heterocycles. The molecule has 0 spiro atoms. The highest BCUT2D eigenvalue weighted by Crippen LogP contribution is 2.28. The lowest BCUT2D eigenvalue weighted by molar-refractivity contribution is 0.0936. The minimum Gasteiger partial charge on any atom is -0.348 e. The van der Waals surface area contributed by atoms with Crippen molar-refractivity contribution in [3.63, 3.8) is 0 Å². The molecule has 0 bridgehead atoms. The number of nitrogens with zero attached hydrogens (tertiary/aromatic N) is 3. The third kappa shape index (κ3) is 3.60. The Bertz CT molecular complexity index is 858. The van der Waals surface area contributed by atoms with Gasteiger partial charge in [-0.15, -0.1) is 11.3 Å². The van der Waals surface area contributed by atoms with Crippen molar-refractivity contribution < 1.29 is 4.79 Å². The second-order valence-corrected chi connectivity index (χ2v) is 7.23. The van der Waals surface area contributed by atoms with E-state index in [9.17, 15) is 4.79 Å². The molecule has 6 heteroatoms. The van der Waals surface area contributed by atoms with Crippen LogP contribution in [0.5, 0.6) is 0 Å². The van der Waals surface area contributed by atoms with Crippen LogP contribution in [0.15, 0.2) is 60.2 Å². The highest BCUT2D eigenvalue weighted by atomic mass is 32.1. The third-order valence-corrected chi connectivity index (χ3v) is 5.53. The van der Waals surface area contributed by atoms with E-state index in [0.717, 1.165) is 47.9 Å². The van der Waals surface area contributed by atoms with Crippen molar-refractivity contribution in [2.75, 3.05) is 18.0 Å². The van der Waals surface area contributed by atoms with E-state index >= 15 is 0 Å². The molecule has 4 rings (SSSR count). The second-order valence-electron chi connectivity index (χ2n) is 6.31. The van der Waals surface area contributed by atoms with Gasteiger partial charge in [-0.25, -0.2) is 9.97 Å². The Labute approximate surface area is 156 Å². The number of aromatic nitrogens is 2. The van der Waals surface area contributed by atoms with E-state index in [0.29, 0.717) is 0 Å². The van der Waals surface area contributed by atoms with Crippen molar-refractivity contribution in [2.45, 2.75) is 18.9 Å². The van der Waals surface area contributed by atoms with Crippen LogP contribution < -0.4 is 10.2 Å². The Morgan fingerprint density at radius 2 is 1.77 bits per heavy atom. The molecule has 1 amide bonds. The fourth-order valence-electron chi connectivity index (χ4n) is 3.26. The molecule has 1 saturated heterocycles. The summed E-state index contributed by atoms with van der Waals surface area (Å²) < 4.78 is 0. The molecule has 1 fully saturated rings. The third-order valence-electron chi connectivity index (χ3n) is 4.62. The van der Waals surface area contributed by atoms with Crippen molar-refractivity contribution in [3.8, 4) is 11.1 Å². The van der Waals surface area contributed by atoms with Gasteiger partial charge in [0.1, 0.15) is 0 Å². The predicted octanol–water partition coefficient (Wildman–Crippen LogP) is 3.60. The van der Waals surface area contributed by atoms with Crippen LogP contribution >= 0.6 is 11.3 Å². The summed E-state index contributed by atoms with van der Waals surface area (Å²) >= 11 is 1.50. The van der Waals surface area contributed by atoms with Crippen LogP contribution in [0, 0.1) is 0 Å². The molecule has 3 aromatic rings. The van der Waals surface area contributed by atoms with Crippen molar-refractivity contribution in [3.05, 3.63) is 65.1 Å². The summed E-state index contributed by atoms with van der Waals surface area (Å²) in [5.41, 5.74) is 2.08. The number of nitrogens with one attached hydrogen (secondary N) is 1. The monoisotopic (exact) mass is 364 g/mol. The zero-order valence-electron chi connectivity index (χ0n) is 14.3. The molecule has 0 radical (unpaired) electrons. The van der Waals surface area contributed by atoms with Gasteiger partial charge in [0, 0.05) is 37.1 Å². The SMILES string of the molecule is O=C(NC1CCN(c2ncccn2)CC1)c1sccc1-c1ccccc1. The number of carbonyl (C=O) groups excluding carboxylic acids is 1. The summed E-state index contributed by atoms with van der Waals surface area (Å²) in [6.07, 6.45) is 5.32. The lowest BCUT2D eigenvalue weighted by Crippen LogP contribution is -2.45. The van der Waals surface area contributed by atoms with Gasteiger partial charge in [0.25, 0.3) is 5.91 Å². The number of hydrogen-bond donors (Lipinski definition) is 1. The average Bonchev–Trinajstić information content (AvgIpc) is 3.20. The number of rotatable bonds is 4. The highest BCUT2D eigenvalue weighted by Gasteiger charge is 2.24. The number of amides is 1. The molecular formula is C20H20N4OS. The van der Waals surface area contributed by atoms with Crippen LogP contribution in [0.3, 0.4) is 0 Å². The van der Waals surface area contributed by atoms with E-state index in [1.54, 1.807) is 12.4 Å². The van der Waals surface area contributed by atoms with Crippen molar-refractivity contribution in [1.29, 1.82) is 0 Å². The molecule has 1 N–H and O–H groups in total. The minimum atomic E-state index is 0.0215. The lowest BCUT2D eigenvalue weighted by atomic mass is 10.0. The molecule has 0 aliphatic carbocycles. The Kier molecular flexibility index (Phi) is 4.93. The quantitative estimate of drug-likeness (QED) is 0.768. The van der Waals surface area contributed by atoms with Crippen LogP contribution in [0.1, 0.15) is 22.5 Å². The Hall–Kier alpha value is -2.73. The average molecular weight is 364 g/mol. The van der Waals surface area contributed by atoms with Crippen LogP contribution in [-0.2, 0) is 0 Å². The van der Waals surface area contributed by atoms with Gasteiger partial charge in [-0.2, -0.15) is 0 Å². The molecule has 3 heterocycles. The van der Waals surface area contributed by atoms with Gasteiger partial charge >= 0.3 is 0 Å². The van der Waals surface area contributed by atoms with Crippen LogP contribution in [0.2, 0.25) is 0 Å². The summed E-state index contributed by atoms with van der Waals surface area (Å²) in [6, 6.07) is 14.1. The molecular weight excluding hydrogens is 344 g/mol. The number of carbonyl (C=O) groups is 1. The van der Waals surface area contributed by atoms with Gasteiger partial charge < -0.3 is 10.2 Å². The molecule has 2 aromatic heterocycles. The number of benzene rings is 1. The fourth-order valence-corrected chi connectivity index (χ4v) is 4.08. The molecule has 26 heavy (non-hydrogen) atoms. The first-order valence-electron chi connectivity index (χ1n) is 8.77. The van der Waals surface area contributed by atoms with Gasteiger partial charge in [0.2, 0.25) is 5.95 Å². The second kappa shape index (κ2) is 7.66. The van der Waals surface area contributed by atoms with Crippen LogP contribution in [0.4, 0.5) is 5.95 Å². The normalized spacial score (nSPS) is 15.0. The molecule has 0 atom stereocenters. The smallest absolute Gasteiger partial charge is 0.262 e. The Morgan fingerprint density at radius 1 is 1.04 bits per heavy atom. The standard InChI is InChI=1S/C20H20N4OS/c25-19(18-17(9-14-26-18)15-5-2-1-3-6-15)23-16-7-12-24(13-8-16)20-21-10-4-11-22-20/h1-6,9-11,14,16H,7-8,12-13H2,(H,23,25). The van der Waals surface area contributed by atoms with E-state index in [2.05, 4.69) is 20.2 Å². The Balaban J connectivity index is 1.39. The summed E-state index contributed by atoms with van der Waals surface area (Å²) in [5.74, 6) is 0.787. The van der Waals surface area contributed by atoms with Crippen molar-refractivity contribution in [1.82, 2.24) is 15.3 Å². The molecule has 1 aromatic carbocycles. The number of anilines is 1. The molecule has 132 valence electrons. The van der Waals surface area contributed by atoms with E-state index in [-0.39, 0.29) is 11.9 Å². The number of hydrogen-bond acceptors (Lipinski definition) is 5. The van der Waals surface area contributed by atoms with Gasteiger partial charge in [-0.3, -0.25) is 4.79 Å². The maximum Gasteiger partial charge on any atom is 0.262 e. The topological polar surface area (TPSA) is 58.1 Å². The summed E-state index contributed by atoms with van der Waals surface area (Å²) in [5, 5.41) is 5.19. The van der Waals surface area contributed by atoms with Gasteiger partial charge in [-0.05, 0) is 35.9 Å². The van der Waals surface area contributed by atoms with Gasteiger partial charge in [-0.1, -0.05) is 30.3 Å². The first kappa shape index (κ1) is 16.7. The summed E-state index contributed by atoms with van der Waals surface area (Å²) in [6.45, 7) is 1.70. The fraction of sp³-hybridized carbons (Fsp3) is 0.250. The van der Waals surface area contributed by atoms with Crippen LogP contribution in [-0.4, -0.2) is 35.0 Å². The molecule has 5 nitrogen and oxygen atoms in total.